The molecule has 0 saturated heterocycles. The van der Waals surface area contributed by atoms with Crippen LogP contribution >= 0.6 is 0 Å². The molecule has 0 radical (unpaired) electrons. The fourth-order valence-electron chi connectivity index (χ4n) is 1.85. The molecule has 22 heavy (non-hydrogen) atoms. The second-order valence-electron chi connectivity index (χ2n) is 4.38. The molecule has 0 aromatic heterocycles. The Morgan fingerprint density at radius 1 is 1.27 bits per heavy atom. The van der Waals surface area contributed by atoms with Crippen LogP contribution in [0.1, 0.15) is 5.56 Å². The predicted octanol–water partition coefficient (Wildman–Crippen LogP) is 3.38. The first-order valence-corrected chi connectivity index (χ1v) is 6.46. The number of nitrogens with zero attached hydrogens (tertiary/aromatic N) is 1. The highest BCUT2D eigenvalue weighted by Gasteiger charge is 2.11. The van der Waals surface area contributed by atoms with Crippen molar-refractivity contribution < 1.29 is 13.9 Å². The lowest BCUT2D eigenvalue weighted by Gasteiger charge is -2.06. The quantitative estimate of drug-likeness (QED) is 0.695. The van der Waals surface area contributed by atoms with Gasteiger partial charge in [-0.15, -0.1) is 0 Å². The van der Waals surface area contributed by atoms with Crippen LogP contribution in [0, 0.1) is 17.1 Å². The van der Waals surface area contributed by atoms with Gasteiger partial charge in [0, 0.05) is 11.3 Å². The minimum atomic E-state index is -0.612. The molecule has 5 heteroatoms. The molecule has 0 atom stereocenters. The minimum absolute atomic E-state index is 0.103. The van der Waals surface area contributed by atoms with Crippen molar-refractivity contribution in [3.05, 3.63) is 65.5 Å². The highest BCUT2D eigenvalue weighted by Crippen LogP contribution is 2.21. The number of para-hydroxylation sites is 1. The number of carbonyl (C=O) groups is 1. The number of rotatable bonds is 4. The molecule has 0 saturated carbocycles. The maximum atomic E-state index is 13.1. The third-order valence-corrected chi connectivity index (χ3v) is 2.89. The molecular formula is C17H13FN2O2. The lowest BCUT2D eigenvalue weighted by atomic mass is 10.1. The number of hydrogen-bond acceptors (Lipinski definition) is 3. The topological polar surface area (TPSA) is 62.1 Å². The van der Waals surface area contributed by atoms with Crippen molar-refractivity contribution >= 4 is 17.7 Å². The first-order chi connectivity index (χ1) is 10.6. The normalized spacial score (nSPS) is 10.7. The van der Waals surface area contributed by atoms with Crippen LogP contribution in [0.15, 0.2) is 54.1 Å². The highest BCUT2D eigenvalue weighted by molar-refractivity contribution is 6.09. The van der Waals surface area contributed by atoms with Gasteiger partial charge in [-0.3, -0.25) is 4.79 Å². The van der Waals surface area contributed by atoms with Crippen LogP contribution in [0.3, 0.4) is 0 Å². The number of nitrogens with one attached hydrogen (secondary N) is 1. The minimum Gasteiger partial charge on any atom is -0.496 e. The van der Waals surface area contributed by atoms with E-state index >= 15 is 0 Å². The van der Waals surface area contributed by atoms with Gasteiger partial charge in [-0.25, -0.2) is 4.39 Å². The van der Waals surface area contributed by atoms with E-state index in [1.165, 1.54) is 31.4 Å². The van der Waals surface area contributed by atoms with Gasteiger partial charge in [0.05, 0.1) is 7.11 Å². The van der Waals surface area contributed by atoms with Gasteiger partial charge in [0.2, 0.25) is 0 Å². The summed E-state index contributed by atoms with van der Waals surface area (Å²) < 4.78 is 18.3. The van der Waals surface area contributed by atoms with Crippen LogP contribution in [-0.4, -0.2) is 13.0 Å². The Hall–Kier alpha value is -3.13. The summed E-state index contributed by atoms with van der Waals surface area (Å²) in [5.41, 5.74) is 0.788. The SMILES string of the molecule is COc1ccccc1C=C(C#N)C(=O)Nc1cccc(F)c1. The van der Waals surface area contributed by atoms with Gasteiger partial charge in [-0.1, -0.05) is 24.3 Å². The number of amides is 1. The van der Waals surface area contributed by atoms with Gasteiger partial charge in [-0.05, 0) is 30.3 Å². The Balaban J connectivity index is 2.26. The molecule has 2 rings (SSSR count). The molecule has 0 heterocycles. The number of anilines is 1. The number of methoxy groups -OCH3 is 1. The maximum absolute atomic E-state index is 13.1. The van der Waals surface area contributed by atoms with Gasteiger partial charge >= 0.3 is 0 Å². The summed E-state index contributed by atoms with van der Waals surface area (Å²) in [6.07, 6.45) is 1.42. The molecule has 0 unspecified atom stereocenters. The molecule has 0 bridgehead atoms. The molecule has 0 fully saturated rings. The Bertz CT molecular complexity index is 763. The molecule has 0 spiro atoms. The van der Waals surface area contributed by atoms with Crippen LogP contribution in [0.5, 0.6) is 5.75 Å². The van der Waals surface area contributed by atoms with Crippen molar-refractivity contribution in [3.8, 4) is 11.8 Å². The van der Waals surface area contributed by atoms with Gasteiger partial charge in [0.15, 0.2) is 0 Å². The number of nitriles is 1. The third-order valence-electron chi connectivity index (χ3n) is 2.89. The first-order valence-electron chi connectivity index (χ1n) is 6.46. The fourth-order valence-corrected chi connectivity index (χ4v) is 1.85. The van der Waals surface area contributed by atoms with Gasteiger partial charge < -0.3 is 10.1 Å². The van der Waals surface area contributed by atoms with Gasteiger partial charge in [0.25, 0.3) is 5.91 Å². The molecular weight excluding hydrogens is 283 g/mol. The van der Waals surface area contributed by atoms with E-state index < -0.39 is 11.7 Å². The van der Waals surface area contributed by atoms with Crippen molar-refractivity contribution in [2.24, 2.45) is 0 Å². The zero-order chi connectivity index (χ0) is 15.9. The van der Waals surface area contributed by atoms with Crippen LogP contribution in [0.25, 0.3) is 6.08 Å². The summed E-state index contributed by atoms with van der Waals surface area (Å²) in [5, 5.41) is 11.6. The number of hydrogen-bond donors (Lipinski definition) is 1. The van der Waals surface area contributed by atoms with Crippen LogP contribution in [0.2, 0.25) is 0 Å². The average Bonchev–Trinajstić information content (AvgIpc) is 2.52. The molecule has 1 N–H and O–H groups in total. The maximum Gasteiger partial charge on any atom is 0.266 e. The highest BCUT2D eigenvalue weighted by atomic mass is 19.1. The van der Waals surface area contributed by atoms with Gasteiger partial charge in [-0.2, -0.15) is 5.26 Å². The largest absolute Gasteiger partial charge is 0.496 e. The van der Waals surface area contributed by atoms with E-state index in [0.29, 0.717) is 11.3 Å². The predicted molar refractivity (Wildman–Crippen MR) is 81.6 cm³/mol. The second-order valence-corrected chi connectivity index (χ2v) is 4.38. The summed E-state index contributed by atoms with van der Waals surface area (Å²) in [6, 6.07) is 14.3. The number of carbonyl (C=O) groups excluding carboxylic acids is 1. The van der Waals surface area contributed by atoms with Crippen molar-refractivity contribution in [1.82, 2.24) is 0 Å². The van der Waals surface area contributed by atoms with E-state index in [-0.39, 0.29) is 11.3 Å². The molecule has 1 amide bonds. The standard InChI is InChI=1S/C17H13FN2O2/c1-22-16-8-3-2-5-12(16)9-13(11-19)17(21)20-15-7-4-6-14(18)10-15/h2-10H,1H3,(H,20,21). The van der Waals surface area contributed by atoms with Crippen LogP contribution in [-0.2, 0) is 4.79 Å². The average molecular weight is 296 g/mol. The Kier molecular flexibility index (Phi) is 4.89. The summed E-state index contributed by atoms with van der Waals surface area (Å²) in [4.78, 5) is 12.1. The second kappa shape index (κ2) is 7.04. The number of ether oxygens (including phenoxy) is 1. The van der Waals surface area contributed by atoms with Crippen molar-refractivity contribution in [1.29, 1.82) is 5.26 Å². The monoisotopic (exact) mass is 296 g/mol. The lowest BCUT2D eigenvalue weighted by molar-refractivity contribution is -0.112. The van der Waals surface area contributed by atoms with E-state index in [9.17, 15) is 9.18 Å². The Morgan fingerprint density at radius 2 is 2.05 bits per heavy atom. The molecule has 110 valence electrons. The summed E-state index contributed by atoms with van der Waals surface area (Å²) in [5.74, 6) is -0.530. The zero-order valence-electron chi connectivity index (χ0n) is 11.8. The summed E-state index contributed by atoms with van der Waals surface area (Å²) >= 11 is 0. The lowest BCUT2D eigenvalue weighted by Crippen LogP contribution is -2.13. The van der Waals surface area contributed by atoms with Crippen molar-refractivity contribution in [2.75, 3.05) is 12.4 Å². The first kappa shape index (κ1) is 15.3. The van der Waals surface area contributed by atoms with E-state index in [1.807, 2.05) is 6.07 Å². The molecule has 0 aliphatic carbocycles. The van der Waals surface area contributed by atoms with Crippen LogP contribution < -0.4 is 10.1 Å². The molecule has 0 aliphatic rings. The fraction of sp³-hybridized carbons (Fsp3) is 0.0588. The van der Waals surface area contributed by atoms with E-state index in [1.54, 1.807) is 30.3 Å². The van der Waals surface area contributed by atoms with E-state index in [4.69, 9.17) is 10.00 Å². The van der Waals surface area contributed by atoms with Crippen LogP contribution in [0.4, 0.5) is 10.1 Å². The number of benzene rings is 2. The molecule has 0 aliphatic heterocycles. The van der Waals surface area contributed by atoms with Crippen molar-refractivity contribution in [3.63, 3.8) is 0 Å². The summed E-state index contributed by atoms with van der Waals surface area (Å²) in [7, 11) is 1.51. The molecule has 2 aromatic carbocycles. The Labute approximate surface area is 127 Å². The van der Waals surface area contributed by atoms with E-state index in [2.05, 4.69) is 5.32 Å². The number of halogens is 1. The molecule has 2 aromatic rings. The summed E-state index contributed by atoms with van der Waals surface area (Å²) in [6.45, 7) is 0. The smallest absolute Gasteiger partial charge is 0.266 e. The third kappa shape index (κ3) is 3.70. The van der Waals surface area contributed by atoms with E-state index in [0.717, 1.165) is 0 Å². The zero-order valence-corrected chi connectivity index (χ0v) is 11.8. The van der Waals surface area contributed by atoms with Crippen molar-refractivity contribution in [2.45, 2.75) is 0 Å². The Morgan fingerprint density at radius 3 is 2.73 bits per heavy atom. The molecule has 4 nitrogen and oxygen atoms in total. The van der Waals surface area contributed by atoms with Gasteiger partial charge in [0.1, 0.15) is 23.2 Å².